The second-order valence-corrected chi connectivity index (χ2v) is 3.94. The van der Waals surface area contributed by atoms with E-state index in [-0.39, 0.29) is 0 Å². The number of para-hydroxylation sites is 2. The van der Waals surface area contributed by atoms with Gasteiger partial charge in [0.15, 0.2) is 5.82 Å². The van der Waals surface area contributed by atoms with Gasteiger partial charge in [-0.15, -0.1) is 5.10 Å². The predicted molar refractivity (Wildman–Crippen MR) is 71.2 cm³/mol. The normalized spacial score (nSPS) is 10.4. The van der Waals surface area contributed by atoms with Gasteiger partial charge in [-0.25, -0.2) is 9.67 Å². The van der Waals surface area contributed by atoms with Gasteiger partial charge in [-0.05, 0) is 24.3 Å². The lowest BCUT2D eigenvalue weighted by Crippen LogP contribution is -1.95. The quantitative estimate of drug-likeness (QED) is 0.695. The van der Waals surface area contributed by atoms with E-state index in [1.54, 1.807) is 11.0 Å². The number of aromatic nitrogens is 3. The Morgan fingerprint density at radius 2 is 1.61 bits per heavy atom. The average Bonchev–Trinajstić information content (AvgIpc) is 2.90. The molecule has 18 heavy (non-hydrogen) atoms. The molecule has 0 aliphatic rings. The van der Waals surface area contributed by atoms with Gasteiger partial charge in [-0.3, -0.25) is 0 Å². The molecule has 3 rings (SSSR count). The third-order valence-corrected chi connectivity index (χ3v) is 2.71. The van der Waals surface area contributed by atoms with E-state index >= 15 is 0 Å². The lowest BCUT2D eigenvalue weighted by atomic mass is 10.2. The molecule has 0 unspecified atom stereocenters. The van der Waals surface area contributed by atoms with Gasteiger partial charge in [0.2, 0.25) is 0 Å². The zero-order chi connectivity index (χ0) is 12.4. The molecule has 0 bridgehead atoms. The maximum atomic E-state index is 5.91. The second kappa shape index (κ2) is 4.33. The summed E-state index contributed by atoms with van der Waals surface area (Å²) in [6.07, 6.45) is 1.69. The number of benzene rings is 2. The minimum Gasteiger partial charge on any atom is -0.398 e. The molecule has 0 aliphatic heterocycles. The van der Waals surface area contributed by atoms with Crippen molar-refractivity contribution in [3.63, 3.8) is 0 Å². The Labute approximate surface area is 105 Å². The summed E-state index contributed by atoms with van der Waals surface area (Å²) in [6, 6.07) is 17.4. The number of hydrogen-bond donors (Lipinski definition) is 1. The summed E-state index contributed by atoms with van der Waals surface area (Å²) in [5, 5.41) is 4.44. The maximum absolute atomic E-state index is 5.91. The maximum Gasteiger partial charge on any atom is 0.183 e. The molecule has 0 saturated heterocycles. The monoisotopic (exact) mass is 236 g/mol. The third kappa shape index (κ3) is 1.84. The zero-order valence-corrected chi connectivity index (χ0v) is 9.69. The number of rotatable bonds is 2. The first kappa shape index (κ1) is 10.5. The van der Waals surface area contributed by atoms with E-state index in [4.69, 9.17) is 5.73 Å². The number of hydrogen-bond acceptors (Lipinski definition) is 3. The summed E-state index contributed by atoms with van der Waals surface area (Å²) in [5.74, 6) is 0.636. The molecule has 0 radical (unpaired) electrons. The summed E-state index contributed by atoms with van der Waals surface area (Å²) < 4.78 is 1.74. The molecule has 1 aromatic heterocycles. The van der Waals surface area contributed by atoms with Crippen molar-refractivity contribution in [2.24, 2.45) is 0 Å². The molecule has 4 nitrogen and oxygen atoms in total. The highest BCUT2D eigenvalue weighted by Gasteiger charge is 2.07. The summed E-state index contributed by atoms with van der Waals surface area (Å²) in [5.41, 5.74) is 8.43. The smallest absolute Gasteiger partial charge is 0.183 e. The molecule has 0 atom stereocenters. The molecule has 0 fully saturated rings. The van der Waals surface area contributed by atoms with Gasteiger partial charge in [0, 0.05) is 11.3 Å². The summed E-state index contributed by atoms with van der Waals surface area (Å²) in [4.78, 5) is 4.30. The van der Waals surface area contributed by atoms with Crippen molar-refractivity contribution in [1.29, 1.82) is 0 Å². The molecule has 2 N–H and O–H groups in total. The van der Waals surface area contributed by atoms with Crippen molar-refractivity contribution in [2.45, 2.75) is 0 Å². The van der Waals surface area contributed by atoms with Crippen molar-refractivity contribution in [1.82, 2.24) is 14.8 Å². The number of anilines is 1. The standard InChI is InChI=1S/C14H12N4/c15-13-9-5-4-8-12(13)14-16-10-18(17-14)11-6-2-1-3-7-11/h1-10H,15H2. The van der Waals surface area contributed by atoms with Gasteiger partial charge in [0.25, 0.3) is 0 Å². The Balaban J connectivity index is 2.03. The number of nitrogens with two attached hydrogens (primary N) is 1. The first-order valence-electron chi connectivity index (χ1n) is 5.66. The molecule has 0 saturated carbocycles. The van der Waals surface area contributed by atoms with E-state index in [9.17, 15) is 0 Å². The minimum absolute atomic E-state index is 0.636. The highest BCUT2D eigenvalue weighted by molar-refractivity contribution is 5.70. The molecule has 4 heteroatoms. The lowest BCUT2D eigenvalue weighted by molar-refractivity contribution is 0.882. The number of nitrogens with zero attached hydrogens (tertiary/aromatic N) is 3. The van der Waals surface area contributed by atoms with Crippen LogP contribution in [-0.2, 0) is 0 Å². The van der Waals surface area contributed by atoms with Crippen molar-refractivity contribution < 1.29 is 0 Å². The fourth-order valence-corrected chi connectivity index (χ4v) is 1.79. The van der Waals surface area contributed by atoms with Gasteiger partial charge >= 0.3 is 0 Å². The highest BCUT2D eigenvalue weighted by atomic mass is 15.3. The van der Waals surface area contributed by atoms with Gasteiger partial charge in [0.05, 0.1) is 5.69 Å². The van der Waals surface area contributed by atoms with E-state index in [1.165, 1.54) is 0 Å². The van der Waals surface area contributed by atoms with Crippen molar-refractivity contribution >= 4 is 5.69 Å². The van der Waals surface area contributed by atoms with Crippen molar-refractivity contribution in [2.75, 3.05) is 5.73 Å². The van der Waals surface area contributed by atoms with Crippen molar-refractivity contribution in [3.05, 3.63) is 60.9 Å². The summed E-state index contributed by atoms with van der Waals surface area (Å²) in [7, 11) is 0. The molecule has 88 valence electrons. The van der Waals surface area contributed by atoms with Gasteiger partial charge in [0.1, 0.15) is 6.33 Å². The number of nitrogen functional groups attached to an aromatic ring is 1. The molecule has 2 aromatic carbocycles. The van der Waals surface area contributed by atoms with Crippen LogP contribution in [0.3, 0.4) is 0 Å². The SMILES string of the molecule is Nc1ccccc1-c1ncn(-c2ccccc2)n1. The van der Waals surface area contributed by atoms with Crippen LogP contribution in [0, 0.1) is 0 Å². The minimum atomic E-state index is 0.636. The van der Waals surface area contributed by atoms with Crippen LogP contribution in [-0.4, -0.2) is 14.8 Å². The molecule has 0 spiro atoms. The Morgan fingerprint density at radius 3 is 2.39 bits per heavy atom. The third-order valence-electron chi connectivity index (χ3n) is 2.71. The molecule has 0 amide bonds. The van der Waals surface area contributed by atoms with E-state index in [2.05, 4.69) is 10.1 Å². The Hall–Kier alpha value is -2.62. The van der Waals surface area contributed by atoms with Crippen LogP contribution in [0.15, 0.2) is 60.9 Å². The summed E-state index contributed by atoms with van der Waals surface area (Å²) >= 11 is 0. The van der Waals surface area contributed by atoms with Crippen LogP contribution in [0.25, 0.3) is 17.1 Å². The van der Waals surface area contributed by atoms with Crippen LogP contribution >= 0.6 is 0 Å². The van der Waals surface area contributed by atoms with Crippen LogP contribution in [0.4, 0.5) is 5.69 Å². The average molecular weight is 236 g/mol. The van der Waals surface area contributed by atoms with Gasteiger partial charge < -0.3 is 5.73 Å². The first-order valence-corrected chi connectivity index (χ1v) is 5.66. The molecular weight excluding hydrogens is 224 g/mol. The van der Waals surface area contributed by atoms with Crippen LogP contribution in [0.1, 0.15) is 0 Å². The van der Waals surface area contributed by atoms with E-state index in [1.807, 2.05) is 54.6 Å². The fraction of sp³-hybridized carbons (Fsp3) is 0. The Bertz CT molecular complexity index is 658. The largest absolute Gasteiger partial charge is 0.398 e. The van der Waals surface area contributed by atoms with E-state index in [0.717, 1.165) is 11.3 Å². The zero-order valence-electron chi connectivity index (χ0n) is 9.69. The fourth-order valence-electron chi connectivity index (χ4n) is 1.79. The first-order chi connectivity index (χ1) is 8.84. The van der Waals surface area contributed by atoms with Gasteiger partial charge in [-0.1, -0.05) is 30.3 Å². The van der Waals surface area contributed by atoms with Gasteiger partial charge in [-0.2, -0.15) is 0 Å². The van der Waals surface area contributed by atoms with E-state index in [0.29, 0.717) is 11.5 Å². The molecule has 0 aliphatic carbocycles. The van der Waals surface area contributed by atoms with Crippen molar-refractivity contribution in [3.8, 4) is 17.1 Å². The topological polar surface area (TPSA) is 56.7 Å². The highest BCUT2D eigenvalue weighted by Crippen LogP contribution is 2.22. The Kier molecular flexibility index (Phi) is 2.53. The van der Waals surface area contributed by atoms with E-state index < -0.39 is 0 Å². The second-order valence-electron chi connectivity index (χ2n) is 3.94. The molecular formula is C14H12N4. The lowest BCUT2D eigenvalue weighted by Gasteiger charge is -2.00. The predicted octanol–water partition coefficient (Wildman–Crippen LogP) is 2.52. The molecule has 1 heterocycles. The molecule has 3 aromatic rings. The summed E-state index contributed by atoms with van der Waals surface area (Å²) in [6.45, 7) is 0. The van der Waals surface area contributed by atoms with Crippen LogP contribution < -0.4 is 5.73 Å². The van der Waals surface area contributed by atoms with Crippen LogP contribution in [0.5, 0.6) is 0 Å². The van der Waals surface area contributed by atoms with Crippen LogP contribution in [0.2, 0.25) is 0 Å². The Morgan fingerprint density at radius 1 is 0.889 bits per heavy atom.